The monoisotopic (exact) mass is 383 g/mol. The zero-order chi connectivity index (χ0) is 19.9. The molecule has 0 unspecified atom stereocenters. The van der Waals surface area contributed by atoms with Gasteiger partial charge in [0.2, 0.25) is 0 Å². The molecule has 6 heteroatoms. The number of carbonyl (C=O) groups excluding carboxylic acids is 1. The van der Waals surface area contributed by atoms with Gasteiger partial charge in [-0.05, 0) is 60.2 Å². The van der Waals surface area contributed by atoms with Crippen LogP contribution in [0, 0.1) is 0 Å². The van der Waals surface area contributed by atoms with Crippen LogP contribution in [0.1, 0.15) is 11.3 Å². The largest absolute Gasteiger partial charge is 0.465 e. The Kier molecular flexibility index (Phi) is 5.43. The zero-order valence-corrected chi connectivity index (χ0v) is 15.4. The van der Waals surface area contributed by atoms with Crippen LogP contribution in [-0.2, 0) is 4.79 Å². The van der Waals surface area contributed by atoms with Crippen LogP contribution in [-0.4, -0.2) is 17.2 Å². The lowest BCUT2D eigenvalue weighted by Crippen LogP contribution is -2.03. The predicted molar refractivity (Wildman–Crippen MR) is 113 cm³/mol. The van der Waals surface area contributed by atoms with Crippen LogP contribution in [0.5, 0.6) is 5.75 Å². The molecule has 2 aromatic heterocycles. The van der Waals surface area contributed by atoms with Gasteiger partial charge in [-0.25, -0.2) is 4.79 Å². The van der Waals surface area contributed by atoms with Crippen molar-refractivity contribution in [3.63, 3.8) is 0 Å². The Morgan fingerprint density at radius 1 is 1.03 bits per heavy atom. The van der Waals surface area contributed by atoms with E-state index in [9.17, 15) is 4.79 Å². The number of esters is 1. The minimum atomic E-state index is -0.479. The molecule has 0 radical (unpaired) electrons. The molecule has 2 heterocycles. The van der Waals surface area contributed by atoms with Crippen molar-refractivity contribution in [3.8, 4) is 5.75 Å². The zero-order valence-electron chi connectivity index (χ0n) is 15.4. The maximum atomic E-state index is 11.8. The third-order valence-electron chi connectivity index (χ3n) is 4.06. The quantitative estimate of drug-likeness (QED) is 0.169. The van der Waals surface area contributed by atoms with Crippen molar-refractivity contribution in [2.45, 2.75) is 0 Å². The van der Waals surface area contributed by atoms with E-state index in [4.69, 9.17) is 9.15 Å². The molecule has 0 fully saturated rings. The molecule has 0 amide bonds. The first-order valence-electron chi connectivity index (χ1n) is 8.94. The van der Waals surface area contributed by atoms with E-state index >= 15 is 0 Å². The summed E-state index contributed by atoms with van der Waals surface area (Å²) in [6, 6.07) is 20.3. The molecular weight excluding hydrogens is 366 g/mol. The minimum absolute atomic E-state index is 0.447. The summed E-state index contributed by atoms with van der Waals surface area (Å²) in [5, 5.41) is 5.31. The molecule has 0 saturated heterocycles. The summed E-state index contributed by atoms with van der Waals surface area (Å²) in [5.74, 6) is 0.554. The Hall–Kier alpha value is -4.19. The molecule has 0 saturated carbocycles. The Bertz CT molecular complexity index is 1160. The number of nitrogens with one attached hydrogen (secondary N) is 1. The minimum Gasteiger partial charge on any atom is -0.465 e. The topological polar surface area (TPSA) is 76.7 Å². The number of hydrazone groups is 1. The average molecular weight is 383 g/mol. The van der Waals surface area contributed by atoms with Gasteiger partial charge in [-0.15, -0.1) is 0 Å². The van der Waals surface area contributed by atoms with Crippen LogP contribution in [0.25, 0.3) is 17.0 Å². The Labute approximate surface area is 167 Å². The molecule has 0 aliphatic heterocycles. The summed E-state index contributed by atoms with van der Waals surface area (Å²) >= 11 is 0. The highest BCUT2D eigenvalue weighted by molar-refractivity contribution is 5.91. The molecule has 6 nitrogen and oxygen atoms in total. The number of carbonyl (C=O) groups is 1. The highest BCUT2D eigenvalue weighted by Gasteiger charge is 2.02. The van der Waals surface area contributed by atoms with Gasteiger partial charge in [-0.2, -0.15) is 5.10 Å². The SMILES string of the molecule is O=C(/C=C/c1ccco1)Oc1ccc(C=NNc2cccc3cccnc23)cc1. The molecule has 142 valence electrons. The number of nitrogens with zero attached hydrogens (tertiary/aromatic N) is 2. The number of aromatic nitrogens is 1. The van der Waals surface area contributed by atoms with Crippen LogP contribution in [0.4, 0.5) is 5.69 Å². The molecule has 1 N–H and O–H groups in total. The van der Waals surface area contributed by atoms with Gasteiger partial charge in [0.25, 0.3) is 0 Å². The van der Waals surface area contributed by atoms with Gasteiger partial charge in [-0.1, -0.05) is 18.2 Å². The number of benzene rings is 2. The third kappa shape index (κ3) is 4.75. The molecular formula is C23H17N3O3. The summed E-state index contributed by atoms with van der Waals surface area (Å²) in [7, 11) is 0. The van der Waals surface area contributed by atoms with Gasteiger partial charge in [0, 0.05) is 17.7 Å². The number of anilines is 1. The molecule has 0 aliphatic rings. The van der Waals surface area contributed by atoms with Crippen molar-refractivity contribution >= 4 is 34.9 Å². The lowest BCUT2D eigenvalue weighted by Gasteiger charge is -2.04. The van der Waals surface area contributed by atoms with Crippen LogP contribution in [0.15, 0.2) is 94.8 Å². The van der Waals surface area contributed by atoms with E-state index < -0.39 is 5.97 Å². The molecule has 0 bridgehead atoms. The van der Waals surface area contributed by atoms with E-state index in [1.807, 2.05) is 42.5 Å². The summed E-state index contributed by atoms with van der Waals surface area (Å²) in [6.07, 6.45) is 7.84. The second-order valence-corrected chi connectivity index (χ2v) is 6.09. The average Bonchev–Trinajstić information content (AvgIpc) is 3.27. The van der Waals surface area contributed by atoms with Crippen molar-refractivity contribution < 1.29 is 13.9 Å². The maximum Gasteiger partial charge on any atom is 0.336 e. The van der Waals surface area contributed by atoms with Gasteiger partial charge in [0.15, 0.2) is 0 Å². The number of rotatable bonds is 6. The fraction of sp³-hybridized carbons (Fsp3) is 0. The fourth-order valence-corrected chi connectivity index (χ4v) is 2.68. The van der Waals surface area contributed by atoms with Crippen molar-refractivity contribution in [1.29, 1.82) is 0 Å². The molecule has 2 aromatic carbocycles. The number of fused-ring (bicyclic) bond motifs is 1. The highest BCUT2D eigenvalue weighted by Crippen LogP contribution is 2.20. The number of pyridine rings is 1. The molecule has 0 spiro atoms. The third-order valence-corrected chi connectivity index (χ3v) is 4.06. The highest BCUT2D eigenvalue weighted by atomic mass is 16.5. The van der Waals surface area contributed by atoms with E-state index in [2.05, 4.69) is 15.5 Å². The maximum absolute atomic E-state index is 11.8. The lowest BCUT2D eigenvalue weighted by atomic mass is 10.2. The van der Waals surface area contributed by atoms with Gasteiger partial charge in [-0.3, -0.25) is 10.4 Å². The van der Waals surface area contributed by atoms with Crippen molar-refractivity contribution in [2.24, 2.45) is 5.10 Å². The lowest BCUT2D eigenvalue weighted by molar-refractivity contribution is -0.128. The van der Waals surface area contributed by atoms with Gasteiger partial charge < -0.3 is 9.15 Å². The van der Waals surface area contributed by atoms with Crippen molar-refractivity contribution in [2.75, 3.05) is 5.43 Å². The van der Waals surface area contributed by atoms with E-state index in [1.165, 1.54) is 12.3 Å². The fourth-order valence-electron chi connectivity index (χ4n) is 2.68. The number of para-hydroxylation sites is 1. The second-order valence-electron chi connectivity index (χ2n) is 6.09. The normalized spacial score (nSPS) is 11.3. The van der Waals surface area contributed by atoms with Crippen LogP contribution >= 0.6 is 0 Å². The van der Waals surface area contributed by atoms with Crippen molar-refractivity contribution in [3.05, 3.63) is 96.6 Å². The van der Waals surface area contributed by atoms with Crippen LogP contribution in [0.3, 0.4) is 0 Å². The number of ether oxygens (including phenoxy) is 1. The standard InChI is InChI=1S/C23H17N3O3/c27-22(13-12-19-6-3-15-28-19)29-20-10-8-17(9-11-20)16-25-26-21-7-1-4-18-5-2-14-24-23(18)21/h1-16,26H/b13-12+,25-16?. The summed E-state index contributed by atoms with van der Waals surface area (Å²) in [5.41, 5.74) is 5.56. The molecule has 4 aromatic rings. The van der Waals surface area contributed by atoms with E-state index in [0.29, 0.717) is 11.5 Å². The second kappa shape index (κ2) is 8.67. The summed E-state index contributed by atoms with van der Waals surface area (Å²) in [4.78, 5) is 16.2. The van der Waals surface area contributed by atoms with E-state index in [-0.39, 0.29) is 0 Å². The predicted octanol–water partition coefficient (Wildman–Crippen LogP) is 4.89. The first kappa shape index (κ1) is 18.2. The molecule has 0 atom stereocenters. The van der Waals surface area contributed by atoms with Gasteiger partial charge in [0.05, 0.1) is 23.7 Å². The van der Waals surface area contributed by atoms with E-state index in [0.717, 1.165) is 22.2 Å². The molecule has 29 heavy (non-hydrogen) atoms. The number of hydrogen-bond donors (Lipinski definition) is 1. The van der Waals surface area contributed by atoms with Crippen LogP contribution < -0.4 is 10.2 Å². The van der Waals surface area contributed by atoms with E-state index in [1.54, 1.807) is 42.8 Å². The Morgan fingerprint density at radius 3 is 2.72 bits per heavy atom. The number of hydrogen-bond acceptors (Lipinski definition) is 6. The smallest absolute Gasteiger partial charge is 0.336 e. The molecule has 4 rings (SSSR count). The Morgan fingerprint density at radius 2 is 1.90 bits per heavy atom. The summed E-state index contributed by atoms with van der Waals surface area (Å²) in [6.45, 7) is 0. The summed E-state index contributed by atoms with van der Waals surface area (Å²) < 4.78 is 10.4. The van der Waals surface area contributed by atoms with Gasteiger partial charge >= 0.3 is 5.97 Å². The van der Waals surface area contributed by atoms with Crippen molar-refractivity contribution in [1.82, 2.24) is 4.98 Å². The first-order chi connectivity index (χ1) is 14.3. The molecule has 0 aliphatic carbocycles. The Balaban J connectivity index is 1.36. The number of furan rings is 1. The van der Waals surface area contributed by atoms with Gasteiger partial charge in [0.1, 0.15) is 11.5 Å². The van der Waals surface area contributed by atoms with Crippen LogP contribution in [0.2, 0.25) is 0 Å². The first-order valence-corrected chi connectivity index (χ1v) is 8.94.